The number of nitro benzene ring substituents is 1. The van der Waals surface area contributed by atoms with Crippen molar-refractivity contribution in [1.82, 2.24) is 15.1 Å². The number of aryl methyl sites for hydroxylation is 1. The number of amides is 1. The van der Waals surface area contributed by atoms with Crippen LogP contribution in [0.15, 0.2) is 45.3 Å². The van der Waals surface area contributed by atoms with E-state index in [-0.39, 0.29) is 11.4 Å². The monoisotopic (exact) mass is 492 g/mol. The molecule has 2 aromatic heterocycles. The number of aliphatic hydroxyl groups is 2. The fourth-order valence-electron chi connectivity index (χ4n) is 3.05. The summed E-state index contributed by atoms with van der Waals surface area (Å²) in [4.78, 5) is 22.7. The highest BCUT2D eigenvalue weighted by Gasteiger charge is 2.25. The van der Waals surface area contributed by atoms with Gasteiger partial charge in [0.1, 0.15) is 11.9 Å². The van der Waals surface area contributed by atoms with Crippen LogP contribution >= 0.6 is 15.9 Å². The minimum absolute atomic E-state index is 0.0185. The van der Waals surface area contributed by atoms with E-state index in [9.17, 15) is 25.1 Å². The Labute approximate surface area is 185 Å². The third kappa shape index (κ3) is 5.01. The fourth-order valence-corrected chi connectivity index (χ4v) is 3.33. The smallest absolute Gasteiger partial charge is 0.287 e. The lowest BCUT2D eigenvalue weighted by Gasteiger charge is -2.22. The number of carbonyl (C=O) groups is 1. The largest absolute Gasteiger partial charge is 0.454 e. The molecule has 0 aliphatic heterocycles. The average molecular weight is 493 g/mol. The molecule has 164 valence electrons. The zero-order valence-corrected chi connectivity index (χ0v) is 18.4. The molecule has 10 nitrogen and oxygen atoms in total. The standard InChI is InChI=1S/C20H21BrN4O6/c1-11-18(21)12(2)24(23-11)9-15-7-8-17(31-15)20(28)22-16(10-26)19(27)13-3-5-14(6-4-13)25(29)30/h3-8,16,19,26-27H,9-10H2,1-2H3,(H,22,28). The van der Waals surface area contributed by atoms with Crippen molar-refractivity contribution in [2.45, 2.75) is 32.5 Å². The van der Waals surface area contributed by atoms with Crippen molar-refractivity contribution < 1.29 is 24.3 Å². The Hall–Kier alpha value is -3.02. The van der Waals surface area contributed by atoms with Crippen LogP contribution in [-0.4, -0.2) is 43.5 Å². The van der Waals surface area contributed by atoms with E-state index in [2.05, 4.69) is 26.3 Å². The van der Waals surface area contributed by atoms with Gasteiger partial charge in [0.05, 0.1) is 40.0 Å². The minimum Gasteiger partial charge on any atom is -0.454 e. The maximum Gasteiger partial charge on any atom is 0.287 e. The number of aliphatic hydroxyl groups excluding tert-OH is 2. The molecule has 11 heteroatoms. The predicted octanol–water partition coefficient (Wildman–Crippen LogP) is 2.64. The number of benzene rings is 1. The number of nitro groups is 1. The number of carbonyl (C=O) groups excluding carboxylic acids is 1. The molecule has 0 fully saturated rings. The molecule has 3 rings (SSSR count). The average Bonchev–Trinajstić information content (AvgIpc) is 3.32. The third-order valence-corrected chi connectivity index (χ3v) is 5.97. The number of halogens is 1. The van der Waals surface area contributed by atoms with Crippen molar-refractivity contribution in [3.8, 4) is 0 Å². The zero-order valence-electron chi connectivity index (χ0n) is 16.8. The number of non-ortho nitro benzene ring substituents is 1. The molecular weight excluding hydrogens is 472 g/mol. The Morgan fingerprint density at radius 2 is 1.97 bits per heavy atom. The Morgan fingerprint density at radius 3 is 2.52 bits per heavy atom. The molecule has 1 aromatic carbocycles. The number of hydrogen-bond donors (Lipinski definition) is 3. The van der Waals surface area contributed by atoms with Gasteiger partial charge in [-0.3, -0.25) is 19.6 Å². The summed E-state index contributed by atoms with van der Waals surface area (Å²) >= 11 is 3.46. The highest BCUT2D eigenvalue weighted by Crippen LogP contribution is 2.22. The molecule has 0 saturated carbocycles. The van der Waals surface area contributed by atoms with Crippen LogP contribution in [0.1, 0.15) is 39.4 Å². The topological polar surface area (TPSA) is 144 Å². The number of nitrogens with one attached hydrogen (secondary N) is 1. The summed E-state index contributed by atoms with van der Waals surface area (Å²) in [5, 5.41) is 37.8. The van der Waals surface area contributed by atoms with Crippen LogP contribution in [0.4, 0.5) is 5.69 Å². The van der Waals surface area contributed by atoms with Gasteiger partial charge >= 0.3 is 0 Å². The molecule has 0 bridgehead atoms. The van der Waals surface area contributed by atoms with Gasteiger partial charge in [0.2, 0.25) is 0 Å². The first-order chi connectivity index (χ1) is 14.7. The van der Waals surface area contributed by atoms with Crippen molar-refractivity contribution in [3.63, 3.8) is 0 Å². The molecule has 3 N–H and O–H groups in total. The number of rotatable bonds is 8. The van der Waals surface area contributed by atoms with E-state index >= 15 is 0 Å². The second-order valence-electron chi connectivity index (χ2n) is 6.96. The van der Waals surface area contributed by atoms with Crippen molar-refractivity contribution in [2.75, 3.05) is 6.61 Å². The van der Waals surface area contributed by atoms with Gasteiger partial charge in [-0.2, -0.15) is 5.10 Å². The highest BCUT2D eigenvalue weighted by molar-refractivity contribution is 9.10. The van der Waals surface area contributed by atoms with Gasteiger partial charge in [-0.15, -0.1) is 0 Å². The minimum atomic E-state index is -1.27. The van der Waals surface area contributed by atoms with Gasteiger partial charge < -0.3 is 19.9 Å². The summed E-state index contributed by atoms with van der Waals surface area (Å²) in [6.07, 6.45) is -1.27. The Kier molecular flexibility index (Phi) is 6.88. The van der Waals surface area contributed by atoms with Crippen molar-refractivity contribution >= 4 is 27.5 Å². The summed E-state index contributed by atoms with van der Waals surface area (Å²) in [5.74, 6) is -0.0783. The van der Waals surface area contributed by atoms with E-state index in [1.54, 1.807) is 10.7 Å². The van der Waals surface area contributed by atoms with Crippen LogP contribution in [0, 0.1) is 24.0 Å². The van der Waals surface area contributed by atoms with E-state index in [0.717, 1.165) is 15.9 Å². The third-order valence-electron chi connectivity index (χ3n) is 4.82. The first-order valence-corrected chi connectivity index (χ1v) is 10.1. The quantitative estimate of drug-likeness (QED) is 0.323. The highest BCUT2D eigenvalue weighted by atomic mass is 79.9. The fraction of sp³-hybridized carbons (Fsp3) is 0.300. The SMILES string of the molecule is Cc1nn(Cc2ccc(C(=O)NC(CO)C(O)c3ccc([N+](=O)[O-])cc3)o2)c(C)c1Br. The molecule has 0 spiro atoms. The summed E-state index contributed by atoms with van der Waals surface area (Å²) in [5.41, 5.74) is 1.96. The normalized spacial score (nSPS) is 13.1. The Morgan fingerprint density at radius 1 is 1.29 bits per heavy atom. The molecule has 0 saturated heterocycles. The van der Waals surface area contributed by atoms with Crippen LogP contribution in [0.25, 0.3) is 0 Å². The molecule has 2 heterocycles. The van der Waals surface area contributed by atoms with Crippen LogP contribution in [0.2, 0.25) is 0 Å². The second-order valence-corrected chi connectivity index (χ2v) is 7.76. The van der Waals surface area contributed by atoms with Crippen LogP contribution in [0.5, 0.6) is 0 Å². The first kappa shape index (κ1) is 22.7. The van der Waals surface area contributed by atoms with Crippen molar-refractivity contribution in [3.05, 3.63) is 79.5 Å². The lowest BCUT2D eigenvalue weighted by Crippen LogP contribution is -2.41. The van der Waals surface area contributed by atoms with Crippen LogP contribution in [-0.2, 0) is 6.54 Å². The van der Waals surface area contributed by atoms with Gasteiger partial charge in [0.25, 0.3) is 11.6 Å². The van der Waals surface area contributed by atoms with E-state index in [0.29, 0.717) is 17.9 Å². The van der Waals surface area contributed by atoms with Gasteiger partial charge in [-0.25, -0.2) is 0 Å². The molecule has 0 aliphatic carbocycles. The Bertz CT molecular complexity index is 1090. The molecule has 0 radical (unpaired) electrons. The van der Waals surface area contributed by atoms with Crippen molar-refractivity contribution in [2.24, 2.45) is 0 Å². The summed E-state index contributed by atoms with van der Waals surface area (Å²) in [7, 11) is 0. The molecule has 1 amide bonds. The molecule has 31 heavy (non-hydrogen) atoms. The predicted molar refractivity (Wildman–Crippen MR) is 114 cm³/mol. The molecule has 3 aromatic rings. The zero-order chi connectivity index (χ0) is 22.7. The van der Waals surface area contributed by atoms with Gasteiger partial charge in [-0.05, 0) is 59.6 Å². The van der Waals surface area contributed by atoms with Gasteiger partial charge in [0, 0.05) is 12.1 Å². The van der Waals surface area contributed by atoms with E-state index < -0.39 is 29.6 Å². The second kappa shape index (κ2) is 9.41. The number of hydrogen-bond acceptors (Lipinski definition) is 7. The van der Waals surface area contributed by atoms with Crippen molar-refractivity contribution in [1.29, 1.82) is 0 Å². The number of aromatic nitrogens is 2. The molecule has 0 aliphatic rings. The summed E-state index contributed by atoms with van der Waals surface area (Å²) in [6, 6.07) is 7.34. The Balaban J connectivity index is 1.68. The number of furan rings is 1. The summed E-state index contributed by atoms with van der Waals surface area (Å²) < 4.78 is 8.25. The van der Waals surface area contributed by atoms with Gasteiger partial charge in [0.15, 0.2) is 5.76 Å². The van der Waals surface area contributed by atoms with E-state index in [4.69, 9.17) is 4.42 Å². The summed E-state index contributed by atoms with van der Waals surface area (Å²) in [6.45, 7) is 3.57. The first-order valence-electron chi connectivity index (χ1n) is 9.33. The van der Waals surface area contributed by atoms with E-state index in [1.807, 2.05) is 13.8 Å². The van der Waals surface area contributed by atoms with E-state index in [1.165, 1.54) is 30.3 Å². The van der Waals surface area contributed by atoms with Crippen LogP contribution in [0.3, 0.4) is 0 Å². The lowest BCUT2D eigenvalue weighted by molar-refractivity contribution is -0.384. The molecule has 2 atom stereocenters. The maximum absolute atomic E-state index is 12.5. The molecular formula is C20H21BrN4O6. The van der Waals surface area contributed by atoms with Gasteiger partial charge in [-0.1, -0.05) is 0 Å². The van der Waals surface area contributed by atoms with Crippen LogP contribution < -0.4 is 5.32 Å². The number of nitrogens with zero attached hydrogens (tertiary/aromatic N) is 3. The lowest BCUT2D eigenvalue weighted by atomic mass is 10.0. The molecule has 2 unspecified atom stereocenters. The maximum atomic E-state index is 12.5.